The molecule has 9 heteroatoms. The van der Waals surface area contributed by atoms with Crippen LogP contribution in [0.5, 0.6) is 11.5 Å². The summed E-state index contributed by atoms with van der Waals surface area (Å²) in [6, 6.07) is 21.0. The van der Waals surface area contributed by atoms with Crippen LogP contribution in [0, 0.1) is 0 Å². The van der Waals surface area contributed by atoms with Gasteiger partial charge in [-0.15, -0.1) is 0 Å². The maximum Gasteiger partial charge on any atom is 0.313 e. The van der Waals surface area contributed by atoms with Crippen molar-refractivity contribution < 1.29 is 19.4 Å². The van der Waals surface area contributed by atoms with Crippen molar-refractivity contribution in [1.82, 2.24) is 15.0 Å². The summed E-state index contributed by atoms with van der Waals surface area (Å²) in [5, 5.41) is 12.8. The van der Waals surface area contributed by atoms with Crippen molar-refractivity contribution in [3.63, 3.8) is 0 Å². The lowest BCUT2D eigenvalue weighted by Crippen LogP contribution is -2.41. The first-order chi connectivity index (χ1) is 19.8. The Balaban J connectivity index is 1.27. The van der Waals surface area contributed by atoms with Crippen molar-refractivity contribution in [2.45, 2.75) is 45.1 Å². The highest BCUT2D eigenvalue weighted by Crippen LogP contribution is 2.30. The van der Waals surface area contributed by atoms with Gasteiger partial charge in [0.1, 0.15) is 17.7 Å². The number of pyridine rings is 1. The minimum Gasteiger partial charge on any atom is -0.490 e. The summed E-state index contributed by atoms with van der Waals surface area (Å²) in [6.45, 7) is 7.50. The van der Waals surface area contributed by atoms with E-state index < -0.39 is 11.4 Å². The van der Waals surface area contributed by atoms with Gasteiger partial charge in [0.2, 0.25) is 0 Å². The lowest BCUT2D eigenvalue weighted by molar-refractivity contribution is -0.142. The topological polar surface area (TPSA) is 110 Å². The number of carboxylic acids is 1. The van der Waals surface area contributed by atoms with Gasteiger partial charge in [0.05, 0.1) is 36.7 Å². The van der Waals surface area contributed by atoms with Gasteiger partial charge in [0.15, 0.2) is 17.3 Å². The average Bonchev–Trinajstić information content (AvgIpc) is 2.99. The molecule has 4 aromatic rings. The number of carboxylic acid groups (broad SMARTS) is 1. The third kappa shape index (κ3) is 6.57. The quantitative estimate of drug-likeness (QED) is 0.241. The third-order valence-corrected chi connectivity index (χ3v) is 7.21. The van der Waals surface area contributed by atoms with Crippen LogP contribution < -0.4 is 19.7 Å². The van der Waals surface area contributed by atoms with E-state index in [1.165, 1.54) is 0 Å². The van der Waals surface area contributed by atoms with Gasteiger partial charge in [-0.3, -0.25) is 9.78 Å². The fourth-order valence-electron chi connectivity index (χ4n) is 4.79. The maximum absolute atomic E-state index is 11.6. The predicted octanol–water partition coefficient (Wildman–Crippen LogP) is 6.09. The minimum atomic E-state index is -0.965. The van der Waals surface area contributed by atoms with Crippen LogP contribution in [0.1, 0.15) is 39.2 Å². The Morgan fingerprint density at radius 3 is 2.54 bits per heavy atom. The Morgan fingerprint density at radius 1 is 1.00 bits per heavy atom. The number of hydrogen-bond acceptors (Lipinski definition) is 8. The van der Waals surface area contributed by atoms with Gasteiger partial charge in [0.25, 0.3) is 0 Å². The molecule has 41 heavy (non-hydrogen) atoms. The summed E-state index contributed by atoms with van der Waals surface area (Å²) in [4.78, 5) is 27.8. The molecule has 2 aromatic carbocycles. The smallest absolute Gasteiger partial charge is 0.313 e. The van der Waals surface area contributed by atoms with Crippen LogP contribution in [0.25, 0.3) is 11.3 Å². The summed E-state index contributed by atoms with van der Waals surface area (Å²) < 4.78 is 12.1. The largest absolute Gasteiger partial charge is 0.490 e. The van der Waals surface area contributed by atoms with Crippen molar-refractivity contribution in [2.24, 2.45) is 0 Å². The van der Waals surface area contributed by atoms with Gasteiger partial charge in [-0.1, -0.05) is 42.5 Å². The minimum absolute atomic E-state index is 0.00887. The Labute approximate surface area is 240 Å². The third-order valence-electron chi connectivity index (χ3n) is 7.21. The normalized spacial score (nSPS) is 15.3. The van der Waals surface area contributed by atoms with Crippen LogP contribution >= 0.6 is 0 Å². The second kappa shape index (κ2) is 12.2. The van der Waals surface area contributed by atoms with E-state index in [4.69, 9.17) is 19.4 Å². The van der Waals surface area contributed by atoms with E-state index in [0.717, 1.165) is 53.5 Å². The van der Waals surface area contributed by atoms with Crippen LogP contribution in [0.3, 0.4) is 0 Å². The molecule has 1 aliphatic rings. The molecule has 9 nitrogen and oxygen atoms in total. The number of aromatic nitrogens is 3. The predicted molar refractivity (Wildman–Crippen MR) is 159 cm³/mol. The number of rotatable bonds is 10. The molecular weight excluding hydrogens is 518 g/mol. The summed E-state index contributed by atoms with van der Waals surface area (Å²) in [5.74, 6) is 2.65. The molecule has 5 rings (SSSR count). The van der Waals surface area contributed by atoms with Crippen molar-refractivity contribution in [2.75, 3.05) is 29.9 Å². The highest BCUT2D eigenvalue weighted by molar-refractivity contribution is 5.80. The first-order valence-corrected chi connectivity index (χ1v) is 13.9. The zero-order chi connectivity index (χ0) is 28.8. The standard InChI is InChI=1S/C32H35N5O4/c1-4-40-26-11-5-6-12-27(26)41-24-9-8-18-37(21-24)30-20-33-19-29(36-30)35-28-13-7-10-25(34-28)22-14-16-23(17-15-22)32(2,3)31(38)39/h5-7,10-17,19-20,24H,4,8-9,18,21H2,1-3H3,(H,38,39)(H,34,35,36)/t24-/m1/s1. The number of nitrogens with zero attached hydrogens (tertiary/aromatic N) is 4. The monoisotopic (exact) mass is 553 g/mol. The summed E-state index contributed by atoms with van der Waals surface area (Å²) in [6.07, 6.45) is 5.39. The van der Waals surface area contributed by atoms with Gasteiger partial charge in [-0.2, -0.15) is 0 Å². The van der Waals surface area contributed by atoms with Gasteiger partial charge >= 0.3 is 5.97 Å². The average molecular weight is 554 g/mol. The van der Waals surface area contributed by atoms with Crippen molar-refractivity contribution in [3.8, 4) is 22.8 Å². The number of nitrogens with one attached hydrogen (secondary N) is 1. The second-order valence-corrected chi connectivity index (χ2v) is 10.5. The van der Waals surface area contributed by atoms with Crippen LogP contribution in [0.4, 0.5) is 17.5 Å². The lowest BCUT2D eigenvalue weighted by atomic mass is 9.84. The number of piperidine rings is 1. The first-order valence-electron chi connectivity index (χ1n) is 13.9. The van der Waals surface area contributed by atoms with Gasteiger partial charge < -0.3 is 24.8 Å². The van der Waals surface area contributed by atoms with E-state index in [-0.39, 0.29) is 6.10 Å². The van der Waals surface area contributed by atoms with Crippen LogP contribution in [-0.2, 0) is 10.2 Å². The molecule has 3 heterocycles. The van der Waals surface area contributed by atoms with E-state index in [1.54, 1.807) is 26.2 Å². The molecule has 1 atom stereocenters. The van der Waals surface area contributed by atoms with E-state index in [2.05, 4.69) is 15.2 Å². The number of carbonyl (C=O) groups is 1. The Kier molecular flexibility index (Phi) is 8.33. The molecule has 1 fully saturated rings. The molecule has 0 spiro atoms. The SMILES string of the molecule is CCOc1ccccc1O[C@@H]1CCCN(c2cncc(Nc3cccc(-c4ccc(C(C)(C)C(=O)O)cc4)n3)n2)C1. The van der Waals surface area contributed by atoms with Gasteiger partial charge in [-0.25, -0.2) is 9.97 Å². The van der Waals surface area contributed by atoms with Crippen molar-refractivity contribution in [3.05, 3.63) is 84.7 Å². The highest BCUT2D eigenvalue weighted by atomic mass is 16.5. The van der Waals surface area contributed by atoms with E-state index in [1.807, 2.05) is 73.7 Å². The first kappa shape index (κ1) is 27.9. The molecule has 0 bridgehead atoms. The van der Waals surface area contributed by atoms with Crippen molar-refractivity contribution >= 4 is 23.4 Å². The molecule has 0 radical (unpaired) electrons. The van der Waals surface area contributed by atoms with Crippen LogP contribution in [0.15, 0.2) is 79.1 Å². The molecule has 0 saturated carbocycles. The molecule has 2 aromatic heterocycles. The zero-order valence-electron chi connectivity index (χ0n) is 23.6. The zero-order valence-corrected chi connectivity index (χ0v) is 23.6. The number of ether oxygens (including phenoxy) is 2. The Hall–Kier alpha value is -4.66. The summed E-state index contributed by atoms with van der Waals surface area (Å²) in [5.41, 5.74) is 1.43. The Morgan fingerprint density at radius 2 is 1.78 bits per heavy atom. The highest BCUT2D eigenvalue weighted by Gasteiger charge is 2.29. The van der Waals surface area contributed by atoms with E-state index >= 15 is 0 Å². The maximum atomic E-state index is 11.6. The number of aliphatic carboxylic acids is 1. The number of para-hydroxylation sites is 2. The number of anilines is 3. The van der Waals surface area contributed by atoms with E-state index in [0.29, 0.717) is 24.8 Å². The summed E-state index contributed by atoms with van der Waals surface area (Å²) >= 11 is 0. The molecule has 2 N–H and O–H groups in total. The van der Waals surface area contributed by atoms with Crippen LogP contribution in [0.2, 0.25) is 0 Å². The Bertz CT molecular complexity index is 1490. The lowest BCUT2D eigenvalue weighted by Gasteiger charge is -2.33. The van der Waals surface area contributed by atoms with Crippen LogP contribution in [-0.4, -0.2) is 51.8 Å². The van der Waals surface area contributed by atoms with Gasteiger partial charge in [0, 0.05) is 12.1 Å². The fourth-order valence-corrected chi connectivity index (χ4v) is 4.79. The molecule has 0 unspecified atom stereocenters. The molecule has 212 valence electrons. The van der Waals surface area contributed by atoms with Crippen molar-refractivity contribution in [1.29, 1.82) is 0 Å². The van der Waals surface area contributed by atoms with E-state index in [9.17, 15) is 9.90 Å². The molecule has 1 saturated heterocycles. The van der Waals surface area contributed by atoms with Gasteiger partial charge in [-0.05, 0) is 63.4 Å². The molecule has 0 amide bonds. The fraction of sp³-hybridized carbons (Fsp3) is 0.312. The second-order valence-electron chi connectivity index (χ2n) is 10.5. The molecule has 0 aliphatic carbocycles. The molecule has 1 aliphatic heterocycles. The number of hydrogen-bond donors (Lipinski definition) is 2. The molecular formula is C32H35N5O4. The number of benzene rings is 2. The summed E-state index contributed by atoms with van der Waals surface area (Å²) in [7, 11) is 0.